The molecular formula is C14H14BrN3O2. The van der Waals surface area contributed by atoms with Crippen molar-refractivity contribution in [1.29, 1.82) is 0 Å². The van der Waals surface area contributed by atoms with Crippen LogP contribution in [0.25, 0.3) is 0 Å². The molecule has 0 aliphatic rings. The fourth-order valence-corrected chi connectivity index (χ4v) is 2.18. The average Bonchev–Trinajstić information content (AvgIpc) is 2.46. The smallest absolute Gasteiger partial charge is 0.261 e. The minimum Gasteiger partial charge on any atom is -0.496 e. The van der Waals surface area contributed by atoms with E-state index < -0.39 is 0 Å². The molecule has 2 rings (SSSR count). The van der Waals surface area contributed by atoms with Gasteiger partial charge in [0.05, 0.1) is 30.2 Å². The number of halogens is 1. The van der Waals surface area contributed by atoms with Crippen molar-refractivity contribution in [2.45, 2.75) is 0 Å². The van der Waals surface area contributed by atoms with Crippen LogP contribution in [0.15, 0.2) is 41.1 Å². The second-order valence-corrected chi connectivity index (χ2v) is 5.06. The summed E-state index contributed by atoms with van der Waals surface area (Å²) in [6.45, 7) is 0. The molecule has 1 amide bonds. The molecule has 1 heterocycles. The molecule has 0 saturated carbocycles. The second-order valence-electron chi connectivity index (χ2n) is 4.14. The third-order valence-electron chi connectivity index (χ3n) is 2.89. The van der Waals surface area contributed by atoms with Crippen LogP contribution in [0.4, 0.5) is 11.4 Å². The molecule has 0 bridgehead atoms. The number of aromatic nitrogens is 1. The number of carbonyl (C=O) groups excluding carboxylic acids is 1. The number of rotatable bonds is 3. The number of carbonyl (C=O) groups is 1. The zero-order valence-corrected chi connectivity index (χ0v) is 12.7. The molecule has 1 aromatic heterocycles. The highest BCUT2D eigenvalue weighted by molar-refractivity contribution is 9.10. The van der Waals surface area contributed by atoms with E-state index in [1.54, 1.807) is 37.5 Å². The number of ether oxygens (including phenoxy) is 1. The van der Waals surface area contributed by atoms with E-state index in [2.05, 4.69) is 20.9 Å². The maximum atomic E-state index is 12.5. The van der Waals surface area contributed by atoms with Crippen LogP contribution < -0.4 is 15.4 Å². The molecule has 0 aliphatic carbocycles. The summed E-state index contributed by atoms with van der Waals surface area (Å²) in [4.78, 5) is 17.9. The van der Waals surface area contributed by atoms with Crippen molar-refractivity contribution < 1.29 is 9.53 Å². The zero-order valence-electron chi connectivity index (χ0n) is 11.1. The fourth-order valence-electron chi connectivity index (χ4n) is 1.84. The molecule has 2 N–H and O–H groups in total. The van der Waals surface area contributed by atoms with Crippen LogP contribution in [0.3, 0.4) is 0 Å². The molecule has 6 heteroatoms. The van der Waals surface area contributed by atoms with Gasteiger partial charge in [-0.1, -0.05) is 15.9 Å². The van der Waals surface area contributed by atoms with E-state index in [0.717, 1.165) is 4.47 Å². The van der Waals surface area contributed by atoms with Gasteiger partial charge in [0, 0.05) is 17.7 Å². The third-order valence-corrected chi connectivity index (χ3v) is 3.38. The summed E-state index contributed by atoms with van der Waals surface area (Å²) < 4.78 is 6.09. The molecule has 104 valence electrons. The van der Waals surface area contributed by atoms with E-state index in [0.29, 0.717) is 22.7 Å². The van der Waals surface area contributed by atoms with Crippen LogP contribution in [0.5, 0.6) is 5.75 Å². The minimum atomic E-state index is -0.202. The van der Waals surface area contributed by atoms with E-state index in [1.165, 1.54) is 18.2 Å². The van der Waals surface area contributed by atoms with Gasteiger partial charge in [0.2, 0.25) is 0 Å². The number of benzene rings is 1. The summed E-state index contributed by atoms with van der Waals surface area (Å²) in [5.41, 5.74) is 7.35. The van der Waals surface area contributed by atoms with Crippen molar-refractivity contribution in [2.75, 3.05) is 24.8 Å². The number of nitrogen functional groups attached to an aromatic ring is 1. The van der Waals surface area contributed by atoms with Gasteiger partial charge >= 0.3 is 0 Å². The number of nitrogens with zero attached hydrogens (tertiary/aromatic N) is 2. The molecule has 0 spiro atoms. The number of hydrogen-bond donors (Lipinski definition) is 1. The standard InChI is InChI=1S/C14H14BrN3O2/c1-18(12-5-6-17-8-11(12)16)14(19)10-4-3-9(15)7-13(10)20-2/h3-8H,16H2,1-2H3. The van der Waals surface area contributed by atoms with Gasteiger partial charge in [-0.2, -0.15) is 0 Å². The lowest BCUT2D eigenvalue weighted by molar-refractivity contribution is 0.0990. The average molecular weight is 336 g/mol. The minimum absolute atomic E-state index is 0.202. The lowest BCUT2D eigenvalue weighted by Gasteiger charge is -2.20. The molecule has 20 heavy (non-hydrogen) atoms. The SMILES string of the molecule is COc1cc(Br)ccc1C(=O)N(C)c1ccncc1N. The number of amides is 1. The summed E-state index contributed by atoms with van der Waals surface area (Å²) in [6.07, 6.45) is 3.10. The van der Waals surface area contributed by atoms with Crippen LogP contribution in [0.2, 0.25) is 0 Å². The number of methoxy groups -OCH3 is 1. The van der Waals surface area contributed by atoms with Crippen LogP contribution in [0, 0.1) is 0 Å². The first-order valence-corrected chi connectivity index (χ1v) is 6.65. The van der Waals surface area contributed by atoms with E-state index in [1.807, 2.05) is 0 Å². The molecule has 0 radical (unpaired) electrons. The van der Waals surface area contributed by atoms with Crippen LogP contribution >= 0.6 is 15.9 Å². The Morgan fingerprint density at radius 1 is 1.40 bits per heavy atom. The van der Waals surface area contributed by atoms with E-state index in [9.17, 15) is 4.79 Å². The Hall–Kier alpha value is -2.08. The predicted octanol–water partition coefficient (Wildman–Crippen LogP) is 2.71. The molecule has 0 atom stereocenters. The largest absolute Gasteiger partial charge is 0.496 e. The first kappa shape index (κ1) is 14.3. The van der Waals surface area contributed by atoms with Gasteiger partial charge in [-0.05, 0) is 24.3 Å². The topological polar surface area (TPSA) is 68.5 Å². The number of nitrogens with two attached hydrogens (primary N) is 1. The van der Waals surface area contributed by atoms with Gasteiger partial charge in [0.1, 0.15) is 5.75 Å². The Balaban J connectivity index is 2.39. The Bertz CT molecular complexity index is 646. The summed E-state index contributed by atoms with van der Waals surface area (Å²) in [5, 5.41) is 0. The fraction of sp³-hybridized carbons (Fsp3) is 0.143. The molecule has 0 aliphatic heterocycles. The van der Waals surface area contributed by atoms with E-state index in [-0.39, 0.29) is 5.91 Å². The maximum Gasteiger partial charge on any atom is 0.261 e. The Labute approximate surface area is 125 Å². The van der Waals surface area contributed by atoms with E-state index in [4.69, 9.17) is 10.5 Å². The molecule has 0 fully saturated rings. The van der Waals surface area contributed by atoms with Crippen molar-refractivity contribution in [2.24, 2.45) is 0 Å². The second kappa shape index (κ2) is 5.92. The Morgan fingerprint density at radius 2 is 2.15 bits per heavy atom. The lowest BCUT2D eigenvalue weighted by Crippen LogP contribution is -2.27. The zero-order chi connectivity index (χ0) is 14.7. The molecule has 5 nitrogen and oxygen atoms in total. The van der Waals surface area contributed by atoms with Gasteiger partial charge < -0.3 is 15.4 Å². The number of hydrogen-bond acceptors (Lipinski definition) is 4. The Kier molecular flexibility index (Phi) is 4.24. The van der Waals surface area contributed by atoms with E-state index >= 15 is 0 Å². The summed E-state index contributed by atoms with van der Waals surface area (Å²) >= 11 is 3.35. The number of anilines is 2. The van der Waals surface area contributed by atoms with Gasteiger partial charge in [-0.25, -0.2) is 0 Å². The molecule has 1 aromatic carbocycles. The molecular weight excluding hydrogens is 322 g/mol. The highest BCUT2D eigenvalue weighted by atomic mass is 79.9. The first-order valence-electron chi connectivity index (χ1n) is 5.85. The number of pyridine rings is 1. The lowest BCUT2D eigenvalue weighted by atomic mass is 10.1. The molecule has 2 aromatic rings. The monoisotopic (exact) mass is 335 g/mol. The highest BCUT2D eigenvalue weighted by Crippen LogP contribution is 2.27. The van der Waals surface area contributed by atoms with Crippen molar-refractivity contribution in [3.63, 3.8) is 0 Å². The predicted molar refractivity (Wildman–Crippen MR) is 82.1 cm³/mol. The first-order chi connectivity index (χ1) is 9.54. The molecule has 0 saturated heterocycles. The quantitative estimate of drug-likeness (QED) is 0.936. The van der Waals surface area contributed by atoms with Crippen molar-refractivity contribution >= 4 is 33.2 Å². The van der Waals surface area contributed by atoms with Crippen molar-refractivity contribution in [1.82, 2.24) is 4.98 Å². The van der Waals surface area contributed by atoms with Crippen molar-refractivity contribution in [3.05, 3.63) is 46.7 Å². The van der Waals surface area contributed by atoms with Gasteiger partial charge in [-0.15, -0.1) is 0 Å². The van der Waals surface area contributed by atoms with Crippen LogP contribution in [0.1, 0.15) is 10.4 Å². The van der Waals surface area contributed by atoms with Crippen LogP contribution in [-0.4, -0.2) is 25.0 Å². The molecule has 0 unspecified atom stereocenters. The summed E-state index contributed by atoms with van der Waals surface area (Å²) in [7, 11) is 3.19. The van der Waals surface area contributed by atoms with Gasteiger partial charge in [-0.3, -0.25) is 9.78 Å². The Morgan fingerprint density at radius 3 is 2.80 bits per heavy atom. The van der Waals surface area contributed by atoms with Crippen molar-refractivity contribution in [3.8, 4) is 5.75 Å². The summed E-state index contributed by atoms with van der Waals surface area (Å²) in [6, 6.07) is 6.94. The normalized spacial score (nSPS) is 10.2. The summed E-state index contributed by atoms with van der Waals surface area (Å²) in [5.74, 6) is 0.302. The van der Waals surface area contributed by atoms with Gasteiger partial charge in [0.15, 0.2) is 0 Å². The van der Waals surface area contributed by atoms with Gasteiger partial charge in [0.25, 0.3) is 5.91 Å². The maximum absolute atomic E-state index is 12.5. The van der Waals surface area contributed by atoms with Crippen LogP contribution in [-0.2, 0) is 0 Å². The third kappa shape index (κ3) is 2.75. The highest BCUT2D eigenvalue weighted by Gasteiger charge is 2.19.